The highest BCUT2D eigenvalue weighted by molar-refractivity contribution is 5.24. The van der Waals surface area contributed by atoms with Crippen LogP contribution in [0.25, 0.3) is 0 Å². The van der Waals surface area contributed by atoms with Gasteiger partial charge in [-0.1, -0.05) is 12.5 Å². The fraction of sp³-hybridized carbons (Fsp3) is 0.600. The maximum Gasteiger partial charge on any atom is 0.0648 e. The normalized spacial score (nSPS) is 12.4. The van der Waals surface area contributed by atoms with Crippen LogP contribution in [0.15, 0.2) is 18.2 Å². The lowest BCUT2D eigenvalue weighted by molar-refractivity contribution is 0.493. The van der Waals surface area contributed by atoms with Gasteiger partial charge in [-0.3, -0.25) is 0 Å². The van der Waals surface area contributed by atoms with Crippen molar-refractivity contribution in [2.45, 2.75) is 53.0 Å². The average Bonchev–Trinajstić information content (AvgIpc) is 2.32. The zero-order valence-corrected chi connectivity index (χ0v) is 12.1. The lowest BCUT2D eigenvalue weighted by Crippen LogP contribution is -2.23. The predicted molar refractivity (Wildman–Crippen MR) is 76.6 cm³/mol. The maximum absolute atomic E-state index is 4.22. The first-order valence-corrected chi connectivity index (χ1v) is 6.73. The number of nitrogens with zero attached hydrogens (tertiary/aromatic N) is 2. The zero-order chi connectivity index (χ0) is 13.5. The molecule has 1 atom stereocenters. The number of nitrogens with one attached hydrogen (secondary N) is 1. The SMILES string of the molecule is C=C(C)CCC(NCCC)c1cc(C)nnc1C. The number of aromatic nitrogens is 2. The Bertz CT molecular complexity index is 399. The third-order valence-corrected chi connectivity index (χ3v) is 3.02. The molecule has 0 aromatic carbocycles. The summed E-state index contributed by atoms with van der Waals surface area (Å²) >= 11 is 0. The van der Waals surface area contributed by atoms with E-state index in [0.717, 1.165) is 37.2 Å². The minimum atomic E-state index is 0.357. The predicted octanol–water partition coefficient (Wildman–Crippen LogP) is 3.49. The monoisotopic (exact) mass is 247 g/mol. The second kappa shape index (κ2) is 7.27. The molecule has 0 saturated heterocycles. The molecule has 0 spiro atoms. The first kappa shape index (κ1) is 14.8. The molecular weight excluding hydrogens is 222 g/mol. The van der Waals surface area contributed by atoms with Gasteiger partial charge in [0.2, 0.25) is 0 Å². The Kier molecular flexibility index (Phi) is 5.99. The van der Waals surface area contributed by atoms with Crippen molar-refractivity contribution < 1.29 is 0 Å². The van der Waals surface area contributed by atoms with Crippen LogP contribution in [0, 0.1) is 13.8 Å². The summed E-state index contributed by atoms with van der Waals surface area (Å²) in [7, 11) is 0. The van der Waals surface area contributed by atoms with Crippen LogP contribution in [0.3, 0.4) is 0 Å². The molecule has 1 rings (SSSR count). The van der Waals surface area contributed by atoms with Crippen LogP contribution in [0.5, 0.6) is 0 Å². The second-order valence-corrected chi connectivity index (χ2v) is 5.03. The minimum absolute atomic E-state index is 0.357. The summed E-state index contributed by atoms with van der Waals surface area (Å²) in [6.07, 6.45) is 3.25. The van der Waals surface area contributed by atoms with Crippen molar-refractivity contribution in [1.29, 1.82) is 0 Å². The molecule has 1 unspecified atom stereocenters. The first-order chi connectivity index (χ1) is 8.54. The van der Waals surface area contributed by atoms with Crippen LogP contribution in [-0.4, -0.2) is 16.7 Å². The van der Waals surface area contributed by atoms with Gasteiger partial charge < -0.3 is 5.32 Å². The largest absolute Gasteiger partial charge is 0.310 e. The Balaban J connectivity index is 2.85. The van der Waals surface area contributed by atoms with E-state index in [2.05, 4.69) is 42.0 Å². The van der Waals surface area contributed by atoms with Crippen LogP contribution in [0.4, 0.5) is 0 Å². The number of rotatable bonds is 7. The van der Waals surface area contributed by atoms with Crippen molar-refractivity contribution in [3.63, 3.8) is 0 Å². The average molecular weight is 247 g/mol. The Morgan fingerprint density at radius 1 is 1.39 bits per heavy atom. The molecule has 100 valence electrons. The molecule has 3 nitrogen and oxygen atoms in total. The molecule has 0 fully saturated rings. The standard InChI is InChI=1S/C15H25N3/c1-6-9-16-15(8-7-11(2)3)14-10-12(4)17-18-13(14)5/h10,15-16H,2,6-9H2,1,3-5H3. The molecule has 1 aromatic heterocycles. The molecule has 0 aliphatic rings. The Morgan fingerprint density at radius 2 is 2.11 bits per heavy atom. The van der Waals surface area contributed by atoms with Gasteiger partial charge in [-0.05, 0) is 58.2 Å². The lowest BCUT2D eigenvalue weighted by atomic mass is 9.98. The number of hydrogen-bond acceptors (Lipinski definition) is 3. The van der Waals surface area contributed by atoms with E-state index in [1.807, 2.05) is 13.8 Å². The summed E-state index contributed by atoms with van der Waals surface area (Å²) in [6, 6.07) is 2.50. The highest BCUT2D eigenvalue weighted by atomic mass is 15.1. The summed E-state index contributed by atoms with van der Waals surface area (Å²) in [6.45, 7) is 13.3. The zero-order valence-electron chi connectivity index (χ0n) is 12.1. The van der Waals surface area contributed by atoms with Gasteiger partial charge in [0.25, 0.3) is 0 Å². The first-order valence-electron chi connectivity index (χ1n) is 6.73. The smallest absolute Gasteiger partial charge is 0.0648 e. The molecule has 0 amide bonds. The summed E-state index contributed by atoms with van der Waals surface area (Å²) in [5, 5.41) is 11.9. The topological polar surface area (TPSA) is 37.8 Å². The Hall–Kier alpha value is -1.22. The Morgan fingerprint density at radius 3 is 2.72 bits per heavy atom. The van der Waals surface area contributed by atoms with Gasteiger partial charge in [-0.15, -0.1) is 6.58 Å². The molecule has 3 heteroatoms. The van der Waals surface area contributed by atoms with E-state index < -0.39 is 0 Å². The van der Waals surface area contributed by atoms with E-state index in [0.29, 0.717) is 6.04 Å². The van der Waals surface area contributed by atoms with Crippen molar-refractivity contribution in [3.05, 3.63) is 35.2 Å². The van der Waals surface area contributed by atoms with E-state index in [9.17, 15) is 0 Å². The minimum Gasteiger partial charge on any atom is -0.310 e. The highest BCUT2D eigenvalue weighted by Crippen LogP contribution is 2.22. The van der Waals surface area contributed by atoms with Crippen molar-refractivity contribution in [2.24, 2.45) is 0 Å². The molecule has 1 aromatic rings. The van der Waals surface area contributed by atoms with Gasteiger partial charge in [0.1, 0.15) is 0 Å². The molecule has 0 aliphatic heterocycles. The summed E-state index contributed by atoms with van der Waals surface area (Å²) in [5.74, 6) is 0. The van der Waals surface area contributed by atoms with Gasteiger partial charge in [0, 0.05) is 6.04 Å². The van der Waals surface area contributed by atoms with E-state index in [1.165, 1.54) is 11.1 Å². The second-order valence-electron chi connectivity index (χ2n) is 5.03. The molecule has 1 N–H and O–H groups in total. The fourth-order valence-corrected chi connectivity index (χ4v) is 2.00. The summed E-state index contributed by atoms with van der Waals surface area (Å²) in [5.41, 5.74) is 4.51. The van der Waals surface area contributed by atoms with E-state index in [4.69, 9.17) is 0 Å². The molecule has 0 aliphatic carbocycles. The lowest BCUT2D eigenvalue weighted by Gasteiger charge is -2.20. The van der Waals surface area contributed by atoms with Gasteiger partial charge >= 0.3 is 0 Å². The van der Waals surface area contributed by atoms with Crippen LogP contribution in [-0.2, 0) is 0 Å². The molecule has 0 saturated carbocycles. The number of allylic oxidation sites excluding steroid dienone is 1. The van der Waals surface area contributed by atoms with Crippen LogP contribution < -0.4 is 5.32 Å². The van der Waals surface area contributed by atoms with E-state index in [-0.39, 0.29) is 0 Å². The van der Waals surface area contributed by atoms with Crippen molar-refractivity contribution in [3.8, 4) is 0 Å². The molecule has 0 radical (unpaired) electrons. The quantitative estimate of drug-likeness (QED) is 0.749. The van der Waals surface area contributed by atoms with Crippen LogP contribution in [0.2, 0.25) is 0 Å². The highest BCUT2D eigenvalue weighted by Gasteiger charge is 2.14. The molecule has 1 heterocycles. The van der Waals surface area contributed by atoms with Gasteiger partial charge in [0.15, 0.2) is 0 Å². The third-order valence-electron chi connectivity index (χ3n) is 3.02. The third kappa shape index (κ3) is 4.57. The van der Waals surface area contributed by atoms with Crippen LogP contribution in [0.1, 0.15) is 56.1 Å². The molecule has 0 bridgehead atoms. The van der Waals surface area contributed by atoms with Crippen molar-refractivity contribution in [2.75, 3.05) is 6.54 Å². The summed E-state index contributed by atoms with van der Waals surface area (Å²) in [4.78, 5) is 0. The van der Waals surface area contributed by atoms with Crippen LogP contribution >= 0.6 is 0 Å². The fourth-order valence-electron chi connectivity index (χ4n) is 2.00. The van der Waals surface area contributed by atoms with Gasteiger partial charge in [-0.25, -0.2) is 0 Å². The van der Waals surface area contributed by atoms with E-state index in [1.54, 1.807) is 0 Å². The van der Waals surface area contributed by atoms with Gasteiger partial charge in [-0.2, -0.15) is 10.2 Å². The van der Waals surface area contributed by atoms with Crippen molar-refractivity contribution >= 4 is 0 Å². The molecular formula is C15H25N3. The van der Waals surface area contributed by atoms with Crippen molar-refractivity contribution in [1.82, 2.24) is 15.5 Å². The van der Waals surface area contributed by atoms with E-state index >= 15 is 0 Å². The number of hydrogen-bond donors (Lipinski definition) is 1. The number of aryl methyl sites for hydroxylation is 2. The maximum atomic E-state index is 4.22. The van der Waals surface area contributed by atoms with Gasteiger partial charge in [0.05, 0.1) is 11.4 Å². The molecule has 18 heavy (non-hydrogen) atoms. The Labute approximate surface area is 111 Å². The summed E-state index contributed by atoms with van der Waals surface area (Å²) < 4.78 is 0.